The zero-order valence-corrected chi connectivity index (χ0v) is 14.0. The molecule has 1 aromatic heterocycles. The number of H-pyrrole nitrogens is 1. The van der Waals surface area contributed by atoms with Crippen LogP contribution in [0.5, 0.6) is 0 Å². The minimum Gasteiger partial charge on any atom is -0.348 e. The Balaban J connectivity index is 1.39. The predicted molar refractivity (Wildman–Crippen MR) is 91.8 cm³/mol. The summed E-state index contributed by atoms with van der Waals surface area (Å²) < 4.78 is 13.9. The van der Waals surface area contributed by atoms with E-state index in [1.54, 1.807) is 12.1 Å². The van der Waals surface area contributed by atoms with Crippen LogP contribution in [0.25, 0.3) is 0 Å². The maximum atomic E-state index is 13.9. The minimum atomic E-state index is -0.0806. The van der Waals surface area contributed by atoms with Crippen LogP contribution in [0.15, 0.2) is 36.7 Å². The van der Waals surface area contributed by atoms with Crippen molar-refractivity contribution in [2.24, 2.45) is 5.41 Å². The van der Waals surface area contributed by atoms with Gasteiger partial charge in [-0.3, -0.25) is 9.80 Å². The van der Waals surface area contributed by atoms with E-state index < -0.39 is 0 Å². The summed E-state index contributed by atoms with van der Waals surface area (Å²) in [6.45, 7) is 6.05. The first-order chi connectivity index (χ1) is 11.7. The quantitative estimate of drug-likeness (QED) is 0.937. The van der Waals surface area contributed by atoms with Crippen molar-refractivity contribution in [2.75, 3.05) is 26.2 Å². The van der Waals surface area contributed by atoms with Crippen LogP contribution >= 0.6 is 0 Å². The number of benzene rings is 1. The highest BCUT2D eigenvalue weighted by Crippen LogP contribution is 2.39. The highest BCUT2D eigenvalue weighted by atomic mass is 19.1. The van der Waals surface area contributed by atoms with Crippen molar-refractivity contribution >= 4 is 0 Å². The number of aromatic nitrogens is 2. The molecule has 128 valence electrons. The Bertz CT molecular complexity index is 672. The maximum absolute atomic E-state index is 13.9. The summed E-state index contributed by atoms with van der Waals surface area (Å²) in [6.07, 6.45) is 7.44. The van der Waals surface area contributed by atoms with Crippen molar-refractivity contribution in [3.05, 3.63) is 53.9 Å². The van der Waals surface area contributed by atoms with Crippen molar-refractivity contribution in [1.82, 2.24) is 19.8 Å². The average molecular weight is 328 g/mol. The fourth-order valence-corrected chi connectivity index (χ4v) is 4.40. The van der Waals surface area contributed by atoms with Crippen LogP contribution in [0, 0.1) is 11.2 Å². The largest absolute Gasteiger partial charge is 0.348 e. The number of rotatable bonds is 4. The lowest BCUT2D eigenvalue weighted by Gasteiger charge is -2.40. The molecule has 4 nitrogen and oxygen atoms in total. The lowest BCUT2D eigenvalue weighted by Crippen LogP contribution is -2.44. The van der Waals surface area contributed by atoms with Crippen molar-refractivity contribution < 1.29 is 4.39 Å². The normalized spacial score (nSPS) is 25.5. The van der Waals surface area contributed by atoms with Gasteiger partial charge in [0.05, 0.1) is 6.54 Å². The molecule has 2 aliphatic rings. The molecule has 1 spiro atoms. The summed E-state index contributed by atoms with van der Waals surface area (Å²) in [7, 11) is 0. The molecule has 24 heavy (non-hydrogen) atoms. The minimum absolute atomic E-state index is 0.0806. The first-order valence-electron chi connectivity index (χ1n) is 8.89. The number of imidazole rings is 1. The SMILES string of the molecule is Fc1ccccc1CN1CCCC2(CCN(Cc3ncc[nH]3)C2)C1. The van der Waals surface area contributed by atoms with Crippen molar-refractivity contribution in [2.45, 2.75) is 32.4 Å². The number of nitrogens with zero attached hydrogens (tertiary/aromatic N) is 3. The molecule has 2 aromatic rings. The van der Waals surface area contributed by atoms with Crippen LogP contribution in [0.2, 0.25) is 0 Å². The zero-order valence-electron chi connectivity index (χ0n) is 14.0. The molecule has 1 unspecified atom stereocenters. The highest BCUT2D eigenvalue weighted by molar-refractivity contribution is 5.17. The second-order valence-electron chi connectivity index (χ2n) is 7.40. The Morgan fingerprint density at radius 3 is 2.71 bits per heavy atom. The summed E-state index contributed by atoms with van der Waals surface area (Å²) in [5.41, 5.74) is 1.19. The Hall–Kier alpha value is -1.72. The van der Waals surface area contributed by atoms with E-state index in [1.807, 2.05) is 24.5 Å². The van der Waals surface area contributed by atoms with Crippen LogP contribution in [0.4, 0.5) is 4.39 Å². The second kappa shape index (κ2) is 6.65. The molecule has 1 aromatic carbocycles. The molecule has 5 heteroatoms. The van der Waals surface area contributed by atoms with Gasteiger partial charge in [-0.1, -0.05) is 18.2 Å². The van der Waals surface area contributed by atoms with E-state index in [1.165, 1.54) is 19.3 Å². The van der Waals surface area contributed by atoms with Crippen LogP contribution in [0.1, 0.15) is 30.7 Å². The fraction of sp³-hybridized carbons (Fsp3) is 0.526. The molecule has 1 atom stereocenters. The number of nitrogens with one attached hydrogen (secondary N) is 1. The molecule has 2 fully saturated rings. The Labute approximate surface area is 142 Å². The molecule has 2 saturated heterocycles. The van der Waals surface area contributed by atoms with Crippen molar-refractivity contribution in [3.8, 4) is 0 Å². The van der Waals surface area contributed by atoms with Gasteiger partial charge in [0.2, 0.25) is 0 Å². The van der Waals surface area contributed by atoms with E-state index in [0.29, 0.717) is 5.41 Å². The van der Waals surface area contributed by atoms with Gasteiger partial charge in [0.1, 0.15) is 11.6 Å². The third kappa shape index (κ3) is 3.37. The fourth-order valence-electron chi connectivity index (χ4n) is 4.40. The van der Waals surface area contributed by atoms with Gasteiger partial charge in [0, 0.05) is 37.6 Å². The number of piperidine rings is 1. The first-order valence-corrected chi connectivity index (χ1v) is 8.89. The van der Waals surface area contributed by atoms with Crippen LogP contribution in [-0.4, -0.2) is 45.9 Å². The number of hydrogen-bond acceptors (Lipinski definition) is 3. The van der Waals surface area contributed by atoms with Crippen molar-refractivity contribution in [3.63, 3.8) is 0 Å². The molecule has 0 amide bonds. The molecule has 0 saturated carbocycles. The predicted octanol–water partition coefficient (Wildman–Crippen LogP) is 3.04. The number of aromatic amines is 1. The molecule has 0 bridgehead atoms. The smallest absolute Gasteiger partial charge is 0.127 e. The third-order valence-corrected chi connectivity index (χ3v) is 5.54. The van der Waals surface area contributed by atoms with E-state index >= 15 is 0 Å². The van der Waals surface area contributed by atoms with Crippen LogP contribution in [-0.2, 0) is 13.1 Å². The topological polar surface area (TPSA) is 35.2 Å². The summed E-state index contributed by atoms with van der Waals surface area (Å²) in [5.74, 6) is 0.967. The van der Waals surface area contributed by atoms with E-state index in [2.05, 4.69) is 19.8 Å². The number of halogens is 1. The van der Waals surface area contributed by atoms with Gasteiger partial charge in [-0.05, 0) is 43.8 Å². The molecule has 3 heterocycles. The van der Waals surface area contributed by atoms with Gasteiger partial charge in [-0.2, -0.15) is 0 Å². The summed E-state index contributed by atoms with van der Waals surface area (Å²) in [6, 6.07) is 7.17. The maximum Gasteiger partial charge on any atom is 0.127 e. The zero-order chi connectivity index (χ0) is 16.4. The van der Waals surface area contributed by atoms with Crippen LogP contribution < -0.4 is 0 Å². The number of hydrogen-bond donors (Lipinski definition) is 1. The van der Waals surface area contributed by atoms with Gasteiger partial charge in [-0.15, -0.1) is 0 Å². The second-order valence-corrected chi connectivity index (χ2v) is 7.40. The standard InChI is InChI=1S/C19H25FN4/c20-17-5-2-1-4-16(17)12-23-10-3-6-19(14-23)7-11-24(15-19)13-18-21-8-9-22-18/h1-2,4-5,8-9H,3,6-7,10-15H2,(H,21,22). The molecular formula is C19H25FN4. The molecule has 0 radical (unpaired) electrons. The van der Waals surface area contributed by atoms with Crippen molar-refractivity contribution in [1.29, 1.82) is 0 Å². The van der Waals surface area contributed by atoms with Gasteiger partial charge < -0.3 is 4.98 Å². The Morgan fingerprint density at radius 2 is 1.92 bits per heavy atom. The molecule has 0 aliphatic carbocycles. The molecular weight excluding hydrogens is 303 g/mol. The van der Waals surface area contributed by atoms with E-state index in [9.17, 15) is 4.39 Å². The summed E-state index contributed by atoms with van der Waals surface area (Å²) >= 11 is 0. The lowest BCUT2D eigenvalue weighted by molar-refractivity contribution is 0.0855. The molecule has 2 aliphatic heterocycles. The van der Waals surface area contributed by atoms with E-state index in [-0.39, 0.29) is 5.82 Å². The Morgan fingerprint density at radius 1 is 1.08 bits per heavy atom. The van der Waals surface area contributed by atoms with Gasteiger partial charge in [-0.25, -0.2) is 9.37 Å². The van der Waals surface area contributed by atoms with E-state index in [0.717, 1.165) is 50.7 Å². The Kier molecular flexibility index (Phi) is 4.37. The summed E-state index contributed by atoms with van der Waals surface area (Å²) in [5, 5.41) is 0. The molecule has 1 N–H and O–H groups in total. The third-order valence-electron chi connectivity index (χ3n) is 5.54. The lowest BCUT2D eigenvalue weighted by atomic mass is 9.79. The van der Waals surface area contributed by atoms with Gasteiger partial charge in [0.25, 0.3) is 0 Å². The van der Waals surface area contributed by atoms with Crippen LogP contribution in [0.3, 0.4) is 0 Å². The van der Waals surface area contributed by atoms with Gasteiger partial charge >= 0.3 is 0 Å². The van der Waals surface area contributed by atoms with Gasteiger partial charge in [0.15, 0.2) is 0 Å². The first kappa shape index (κ1) is 15.8. The molecule has 4 rings (SSSR count). The average Bonchev–Trinajstić information content (AvgIpc) is 3.21. The summed E-state index contributed by atoms with van der Waals surface area (Å²) in [4.78, 5) is 12.5. The number of likely N-dealkylation sites (tertiary alicyclic amines) is 2. The highest BCUT2D eigenvalue weighted by Gasteiger charge is 2.41. The van der Waals surface area contributed by atoms with E-state index in [4.69, 9.17) is 0 Å². The monoisotopic (exact) mass is 328 g/mol.